The van der Waals surface area contributed by atoms with E-state index in [-0.39, 0.29) is 5.92 Å². The Morgan fingerprint density at radius 3 is 2.45 bits per heavy atom. The van der Waals surface area contributed by atoms with Gasteiger partial charge in [-0.25, -0.2) is 4.79 Å². The summed E-state index contributed by atoms with van der Waals surface area (Å²) < 4.78 is 9.84. The van der Waals surface area contributed by atoms with Gasteiger partial charge in [0.2, 0.25) is 0 Å². The van der Waals surface area contributed by atoms with Crippen molar-refractivity contribution < 1.29 is 14.3 Å². The van der Waals surface area contributed by atoms with Gasteiger partial charge < -0.3 is 14.8 Å². The largest absolute Gasteiger partial charge is 0.513 e. The molecule has 0 aliphatic carbocycles. The average Bonchev–Trinajstić information content (AvgIpc) is 2.45. The molecule has 106 valence electrons. The lowest BCUT2D eigenvalue weighted by atomic mass is 9.92. The van der Waals surface area contributed by atoms with Gasteiger partial charge in [-0.05, 0) is 19.4 Å². The van der Waals surface area contributed by atoms with Crippen molar-refractivity contribution in [2.75, 3.05) is 7.11 Å². The van der Waals surface area contributed by atoms with Crippen molar-refractivity contribution in [2.45, 2.75) is 19.8 Å². The van der Waals surface area contributed by atoms with Gasteiger partial charge in [-0.3, -0.25) is 0 Å². The van der Waals surface area contributed by atoms with Crippen LogP contribution < -0.4 is 5.32 Å². The molecule has 1 heterocycles. The van der Waals surface area contributed by atoms with Crippen LogP contribution in [0.3, 0.4) is 0 Å². The zero-order valence-corrected chi connectivity index (χ0v) is 12.3. The van der Waals surface area contributed by atoms with Gasteiger partial charge in [-0.1, -0.05) is 41.9 Å². The highest BCUT2D eigenvalue weighted by molar-refractivity contribution is 6.31. The van der Waals surface area contributed by atoms with Crippen molar-refractivity contribution in [1.82, 2.24) is 5.32 Å². The summed E-state index contributed by atoms with van der Waals surface area (Å²) >= 11 is 6.41. The topological polar surface area (TPSA) is 47.6 Å². The Hall–Kier alpha value is -1.94. The molecule has 1 atom stereocenters. The predicted octanol–water partition coefficient (Wildman–Crippen LogP) is 3.86. The maximum absolute atomic E-state index is 11.4. The Kier molecular flexibility index (Phi) is 4.35. The van der Waals surface area contributed by atoms with Gasteiger partial charge in [-0.2, -0.15) is 0 Å². The van der Waals surface area contributed by atoms with Crippen molar-refractivity contribution in [3.05, 3.63) is 58.1 Å². The number of rotatable bonds is 2. The van der Waals surface area contributed by atoms with E-state index in [9.17, 15) is 4.79 Å². The number of halogens is 1. The van der Waals surface area contributed by atoms with Gasteiger partial charge in [-0.15, -0.1) is 0 Å². The maximum atomic E-state index is 11.4. The highest BCUT2D eigenvalue weighted by Gasteiger charge is 2.31. The van der Waals surface area contributed by atoms with E-state index in [0.717, 1.165) is 17.0 Å². The van der Waals surface area contributed by atoms with E-state index in [1.54, 1.807) is 0 Å². The highest BCUT2D eigenvalue weighted by atomic mass is 35.5. The lowest BCUT2D eigenvalue weighted by Crippen LogP contribution is -2.25. The van der Waals surface area contributed by atoms with E-state index in [2.05, 4.69) is 10.1 Å². The molecule has 0 amide bonds. The zero-order valence-electron chi connectivity index (χ0n) is 11.6. The Morgan fingerprint density at radius 1 is 1.20 bits per heavy atom. The van der Waals surface area contributed by atoms with E-state index in [1.165, 1.54) is 7.11 Å². The fourth-order valence-corrected chi connectivity index (χ4v) is 2.43. The molecular weight excluding hydrogens is 278 g/mol. The smallest absolute Gasteiger partial charge is 0.437 e. The maximum Gasteiger partial charge on any atom is 0.513 e. The Morgan fingerprint density at radius 2 is 1.85 bits per heavy atom. The molecule has 1 aromatic carbocycles. The predicted molar refractivity (Wildman–Crippen MR) is 77.1 cm³/mol. The van der Waals surface area contributed by atoms with Gasteiger partial charge >= 0.3 is 6.16 Å². The number of benzene rings is 1. The first-order valence-corrected chi connectivity index (χ1v) is 6.57. The molecule has 5 heteroatoms. The first-order chi connectivity index (χ1) is 9.54. The molecule has 0 spiro atoms. The fourth-order valence-electron chi connectivity index (χ4n) is 2.16. The van der Waals surface area contributed by atoms with Crippen LogP contribution in [0.5, 0.6) is 0 Å². The molecule has 0 saturated heterocycles. The molecule has 0 fully saturated rings. The number of methoxy groups -OCH3 is 1. The van der Waals surface area contributed by atoms with Crippen LogP contribution >= 0.6 is 11.6 Å². The number of hydrogen-bond donors (Lipinski definition) is 1. The number of hydrogen-bond acceptors (Lipinski definition) is 4. The minimum atomic E-state index is -0.758. The molecule has 0 bridgehead atoms. The number of ether oxygens (including phenoxy) is 2. The number of dihydropyridines is 1. The molecular formula is C15H16ClNO3. The van der Waals surface area contributed by atoms with Crippen LogP contribution in [0, 0.1) is 0 Å². The molecule has 0 radical (unpaired) electrons. The van der Waals surface area contributed by atoms with Crippen LogP contribution in [-0.4, -0.2) is 13.3 Å². The van der Waals surface area contributed by atoms with Crippen LogP contribution in [0.1, 0.15) is 25.3 Å². The minimum absolute atomic E-state index is 0.307. The normalized spacial score (nSPS) is 18.7. The second kappa shape index (κ2) is 6.01. The Bertz CT molecular complexity index is 578. The Labute approximate surface area is 123 Å². The van der Waals surface area contributed by atoms with Crippen LogP contribution in [0.2, 0.25) is 0 Å². The minimum Gasteiger partial charge on any atom is -0.437 e. The van der Waals surface area contributed by atoms with E-state index in [4.69, 9.17) is 16.3 Å². The summed E-state index contributed by atoms with van der Waals surface area (Å²) in [5.74, 6) is 0.150. The summed E-state index contributed by atoms with van der Waals surface area (Å²) in [5, 5.41) is 3.70. The van der Waals surface area contributed by atoms with E-state index < -0.39 is 6.16 Å². The second-order valence-corrected chi connectivity index (χ2v) is 4.89. The molecule has 1 aliphatic rings. The number of carbonyl (C=O) groups excluding carboxylic acids is 1. The molecule has 4 nitrogen and oxygen atoms in total. The first-order valence-electron chi connectivity index (χ1n) is 6.19. The van der Waals surface area contributed by atoms with Crippen molar-refractivity contribution in [2.24, 2.45) is 0 Å². The van der Waals surface area contributed by atoms with Crippen molar-refractivity contribution in [3.63, 3.8) is 0 Å². The third-order valence-corrected chi connectivity index (χ3v) is 3.61. The summed E-state index contributed by atoms with van der Waals surface area (Å²) in [6.07, 6.45) is -0.758. The monoisotopic (exact) mass is 293 g/mol. The molecule has 0 aromatic heterocycles. The van der Waals surface area contributed by atoms with Gasteiger partial charge in [0.05, 0.1) is 23.8 Å². The standard InChI is InChI=1S/C15H16ClNO3/c1-9-13(16)12(11-7-5-4-6-8-11)14(10(2)17-9)20-15(18)19-3/h4-8,12,17H,1-3H3. The van der Waals surface area contributed by atoms with Crippen molar-refractivity contribution in [3.8, 4) is 0 Å². The van der Waals surface area contributed by atoms with Crippen molar-refractivity contribution in [1.29, 1.82) is 0 Å². The van der Waals surface area contributed by atoms with E-state index in [1.807, 2.05) is 44.2 Å². The van der Waals surface area contributed by atoms with E-state index in [0.29, 0.717) is 10.8 Å². The average molecular weight is 294 g/mol. The molecule has 1 aromatic rings. The van der Waals surface area contributed by atoms with Crippen LogP contribution in [-0.2, 0) is 9.47 Å². The summed E-state index contributed by atoms with van der Waals surface area (Å²) in [6, 6.07) is 9.65. The fraction of sp³-hybridized carbons (Fsp3) is 0.267. The van der Waals surface area contributed by atoms with Crippen LogP contribution in [0.4, 0.5) is 4.79 Å². The summed E-state index contributed by atoms with van der Waals surface area (Å²) in [4.78, 5) is 11.4. The lowest BCUT2D eigenvalue weighted by molar-refractivity contribution is 0.0923. The molecule has 20 heavy (non-hydrogen) atoms. The van der Waals surface area contributed by atoms with Crippen LogP contribution in [0.25, 0.3) is 0 Å². The van der Waals surface area contributed by atoms with Gasteiger partial charge in [0, 0.05) is 5.70 Å². The molecule has 0 saturated carbocycles. The Balaban J connectivity index is 2.45. The first kappa shape index (κ1) is 14.5. The summed E-state index contributed by atoms with van der Waals surface area (Å²) in [7, 11) is 1.27. The quantitative estimate of drug-likeness (QED) is 0.841. The van der Waals surface area contributed by atoms with Gasteiger partial charge in [0.25, 0.3) is 0 Å². The van der Waals surface area contributed by atoms with Gasteiger partial charge in [0.1, 0.15) is 5.76 Å². The lowest BCUT2D eigenvalue weighted by Gasteiger charge is -2.28. The second-order valence-electron chi connectivity index (χ2n) is 4.49. The third-order valence-electron chi connectivity index (χ3n) is 3.11. The highest BCUT2D eigenvalue weighted by Crippen LogP contribution is 2.40. The molecule has 1 unspecified atom stereocenters. The number of carbonyl (C=O) groups is 1. The molecule has 2 rings (SSSR count). The summed E-state index contributed by atoms with van der Waals surface area (Å²) in [5.41, 5.74) is 2.54. The molecule has 1 N–H and O–H groups in total. The van der Waals surface area contributed by atoms with Crippen molar-refractivity contribution >= 4 is 17.8 Å². The van der Waals surface area contributed by atoms with Crippen LogP contribution in [0.15, 0.2) is 52.5 Å². The summed E-state index contributed by atoms with van der Waals surface area (Å²) in [6.45, 7) is 3.72. The number of nitrogens with one attached hydrogen (secondary N) is 1. The SMILES string of the molecule is COC(=O)OC1=C(C)NC(C)=C(Cl)C1c1ccccc1. The van der Waals surface area contributed by atoms with E-state index >= 15 is 0 Å². The third kappa shape index (κ3) is 2.80. The zero-order chi connectivity index (χ0) is 14.7. The van der Waals surface area contributed by atoms with Gasteiger partial charge in [0.15, 0.2) is 0 Å². The number of allylic oxidation sites excluding steroid dienone is 3. The molecule has 1 aliphatic heterocycles.